The van der Waals surface area contributed by atoms with Crippen molar-refractivity contribution in [2.75, 3.05) is 6.61 Å². The van der Waals surface area contributed by atoms with E-state index in [1.54, 1.807) is 0 Å². The Hall–Kier alpha value is -0.120. The Morgan fingerprint density at radius 1 is 0.700 bits per heavy atom. The molecular weight excluding hydrogens is 252 g/mol. The summed E-state index contributed by atoms with van der Waals surface area (Å²) < 4.78 is 0. The van der Waals surface area contributed by atoms with Crippen LogP contribution in [0, 0.1) is 5.92 Å². The first-order valence-electron chi connectivity index (χ1n) is 8.64. The van der Waals surface area contributed by atoms with Gasteiger partial charge in [0.2, 0.25) is 0 Å². The van der Waals surface area contributed by atoms with Gasteiger partial charge in [0.05, 0.1) is 12.7 Å². The summed E-state index contributed by atoms with van der Waals surface area (Å²) in [5.41, 5.74) is 0. The minimum atomic E-state index is -0.985. The van der Waals surface area contributed by atoms with Crippen LogP contribution in [0.2, 0.25) is 0 Å². The molecule has 0 radical (unpaired) electrons. The van der Waals surface area contributed by atoms with Crippen molar-refractivity contribution >= 4 is 0 Å². The second-order valence-corrected chi connectivity index (χ2v) is 6.05. The molecule has 0 spiro atoms. The van der Waals surface area contributed by atoms with Gasteiger partial charge in [-0.2, -0.15) is 0 Å². The van der Waals surface area contributed by atoms with E-state index in [9.17, 15) is 10.2 Å². The number of unbranched alkanes of at least 4 members (excludes halogenated alkanes) is 7. The Labute approximate surface area is 125 Å². The van der Waals surface area contributed by atoms with Crippen molar-refractivity contribution in [2.24, 2.45) is 5.92 Å². The molecule has 0 aromatic heterocycles. The number of hydrogen-bond acceptors (Lipinski definition) is 3. The largest absolute Gasteiger partial charge is 0.394 e. The zero-order chi connectivity index (χ0) is 15.2. The molecule has 0 saturated carbocycles. The maximum absolute atomic E-state index is 10.1. The number of aliphatic hydroxyl groups excluding tert-OH is 3. The van der Waals surface area contributed by atoms with E-state index in [0.717, 1.165) is 25.7 Å². The molecule has 3 nitrogen and oxygen atoms in total. The first-order chi connectivity index (χ1) is 9.67. The molecule has 0 aliphatic heterocycles. The van der Waals surface area contributed by atoms with E-state index in [1.807, 2.05) is 0 Å². The molecule has 0 amide bonds. The van der Waals surface area contributed by atoms with Crippen LogP contribution in [0.5, 0.6) is 0 Å². The molecule has 0 bridgehead atoms. The van der Waals surface area contributed by atoms with Crippen molar-refractivity contribution in [1.82, 2.24) is 0 Å². The van der Waals surface area contributed by atoms with Gasteiger partial charge in [-0.1, -0.05) is 71.6 Å². The molecule has 0 aliphatic rings. The Kier molecular flexibility index (Phi) is 13.8. The maximum atomic E-state index is 10.1. The van der Waals surface area contributed by atoms with E-state index in [4.69, 9.17) is 5.11 Å². The molecule has 0 saturated heterocycles. The van der Waals surface area contributed by atoms with Gasteiger partial charge < -0.3 is 15.3 Å². The van der Waals surface area contributed by atoms with Crippen LogP contribution < -0.4 is 0 Å². The van der Waals surface area contributed by atoms with Crippen LogP contribution in [0.1, 0.15) is 84.5 Å². The Balaban J connectivity index is 3.97. The van der Waals surface area contributed by atoms with Crippen molar-refractivity contribution < 1.29 is 15.3 Å². The van der Waals surface area contributed by atoms with Crippen LogP contribution in [-0.2, 0) is 0 Å². The molecular formula is C17H36O3. The second kappa shape index (κ2) is 13.8. The molecule has 0 fully saturated rings. The smallest absolute Gasteiger partial charge is 0.103 e. The molecule has 3 atom stereocenters. The average molecular weight is 288 g/mol. The highest BCUT2D eigenvalue weighted by atomic mass is 16.4. The topological polar surface area (TPSA) is 60.7 Å². The lowest BCUT2D eigenvalue weighted by Gasteiger charge is -2.26. The van der Waals surface area contributed by atoms with E-state index in [-0.39, 0.29) is 12.5 Å². The molecule has 122 valence electrons. The van der Waals surface area contributed by atoms with E-state index < -0.39 is 12.2 Å². The van der Waals surface area contributed by atoms with Crippen molar-refractivity contribution in [3.05, 3.63) is 0 Å². The molecule has 0 heterocycles. The summed E-state index contributed by atoms with van der Waals surface area (Å²) in [4.78, 5) is 0. The summed E-state index contributed by atoms with van der Waals surface area (Å²) in [6.45, 7) is 4.04. The van der Waals surface area contributed by atoms with Crippen LogP contribution in [-0.4, -0.2) is 34.1 Å². The van der Waals surface area contributed by atoms with Gasteiger partial charge in [-0.15, -0.1) is 0 Å². The molecule has 0 aromatic rings. The summed E-state index contributed by atoms with van der Waals surface area (Å²) in [5, 5.41) is 28.7. The first kappa shape index (κ1) is 19.9. The molecule has 3 heteroatoms. The predicted molar refractivity (Wildman–Crippen MR) is 84.7 cm³/mol. The van der Waals surface area contributed by atoms with Gasteiger partial charge in [0, 0.05) is 0 Å². The van der Waals surface area contributed by atoms with E-state index in [0.29, 0.717) is 0 Å². The van der Waals surface area contributed by atoms with Gasteiger partial charge in [-0.25, -0.2) is 0 Å². The Morgan fingerprint density at radius 2 is 1.15 bits per heavy atom. The van der Waals surface area contributed by atoms with Crippen LogP contribution in [0.4, 0.5) is 0 Å². The highest BCUT2D eigenvalue weighted by molar-refractivity contribution is 4.75. The highest BCUT2D eigenvalue weighted by Gasteiger charge is 2.24. The molecule has 0 aromatic carbocycles. The van der Waals surface area contributed by atoms with Crippen molar-refractivity contribution in [3.63, 3.8) is 0 Å². The lowest BCUT2D eigenvalue weighted by atomic mass is 9.87. The zero-order valence-electron chi connectivity index (χ0n) is 13.6. The quantitative estimate of drug-likeness (QED) is 0.428. The van der Waals surface area contributed by atoms with Gasteiger partial charge in [0.1, 0.15) is 6.10 Å². The predicted octanol–water partition coefficient (Wildman–Crippen LogP) is 3.65. The van der Waals surface area contributed by atoms with Crippen molar-refractivity contribution in [3.8, 4) is 0 Å². The number of hydrogen-bond donors (Lipinski definition) is 3. The van der Waals surface area contributed by atoms with Gasteiger partial charge in [-0.3, -0.25) is 0 Å². The van der Waals surface area contributed by atoms with Crippen LogP contribution >= 0.6 is 0 Å². The monoisotopic (exact) mass is 288 g/mol. The molecule has 0 aliphatic carbocycles. The van der Waals surface area contributed by atoms with E-state index in [1.165, 1.54) is 44.9 Å². The third-order valence-electron chi connectivity index (χ3n) is 4.17. The SMILES string of the molecule is CCCCCCCCC(CCCCC)C(O)C(O)CO. The summed E-state index contributed by atoms with van der Waals surface area (Å²) >= 11 is 0. The van der Waals surface area contributed by atoms with Crippen LogP contribution in [0.3, 0.4) is 0 Å². The summed E-state index contributed by atoms with van der Waals surface area (Å²) in [7, 11) is 0. The zero-order valence-corrected chi connectivity index (χ0v) is 13.6. The van der Waals surface area contributed by atoms with Gasteiger partial charge in [0.25, 0.3) is 0 Å². The molecule has 0 rings (SSSR count). The Bertz CT molecular complexity index is 197. The standard InChI is InChI=1S/C17H36O3/c1-3-5-7-8-9-11-13-15(12-10-6-4-2)17(20)16(19)14-18/h15-20H,3-14H2,1-2H3. The normalized spacial score (nSPS) is 16.1. The summed E-state index contributed by atoms with van der Waals surface area (Å²) in [5.74, 6) is 0.134. The minimum absolute atomic E-state index is 0.134. The molecule has 20 heavy (non-hydrogen) atoms. The first-order valence-corrected chi connectivity index (χ1v) is 8.64. The fourth-order valence-electron chi connectivity index (χ4n) is 2.75. The fourth-order valence-corrected chi connectivity index (χ4v) is 2.75. The third-order valence-corrected chi connectivity index (χ3v) is 4.17. The second-order valence-electron chi connectivity index (χ2n) is 6.05. The molecule has 3 unspecified atom stereocenters. The lowest BCUT2D eigenvalue weighted by molar-refractivity contribution is -0.0475. The maximum Gasteiger partial charge on any atom is 0.103 e. The van der Waals surface area contributed by atoms with Crippen LogP contribution in [0.25, 0.3) is 0 Å². The minimum Gasteiger partial charge on any atom is -0.394 e. The number of rotatable bonds is 14. The summed E-state index contributed by atoms with van der Waals surface area (Å²) in [6.07, 6.45) is 11.1. The van der Waals surface area contributed by atoms with E-state index in [2.05, 4.69) is 13.8 Å². The summed E-state index contributed by atoms with van der Waals surface area (Å²) in [6, 6.07) is 0. The lowest BCUT2D eigenvalue weighted by Crippen LogP contribution is -2.36. The van der Waals surface area contributed by atoms with Crippen LogP contribution in [0.15, 0.2) is 0 Å². The van der Waals surface area contributed by atoms with Crippen molar-refractivity contribution in [2.45, 2.75) is 96.7 Å². The van der Waals surface area contributed by atoms with E-state index >= 15 is 0 Å². The van der Waals surface area contributed by atoms with Gasteiger partial charge in [0.15, 0.2) is 0 Å². The molecule has 3 N–H and O–H groups in total. The highest BCUT2D eigenvalue weighted by Crippen LogP contribution is 2.23. The third kappa shape index (κ3) is 9.73. The number of aliphatic hydroxyl groups is 3. The van der Waals surface area contributed by atoms with Gasteiger partial charge >= 0.3 is 0 Å². The van der Waals surface area contributed by atoms with Gasteiger partial charge in [-0.05, 0) is 18.8 Å². The average Bonchev–Trinajstić information content (AvgIpc) is 2.47. The Morgan fingerprint density at radius 3 is 1.70 bits per heavy atom. The van der Waals surface area contributed by atoms with Crippen molar-refractivity contribution in [1.29, 1.82) is 0 Å². The fraction of sp³-hybridized carbons (Fsp3) is 1.00.